The van der Waals surface area contributed by atoms with E-state index >= 15 is 0 Å². The van der Waals surface area contributed by atoms with Gasteiger partial charge < -0.3 is 10.1 Å². The number of benzene rings is 1. The summed E-state index contributed by atoms with van der Waals surface area (Å²) < 4.78 is 4.90. The van der Waals surface area contributed by atoms with Crippen molar-refractivity contribution in [3.05, 3.63) is 29.8 Å². The minimum atomic E-state index is -0.388. The number of nitrogens with one attached hydrogen (secondary N) is 1. The minimum absolute atomic E-state index is 0.0777. The lowest BCUT2D eigenvalue weighted by Gasteiger charge is -2.07. The number of hydrogen-bond donors (Lipinski definition) is 1. The van der Waals surface area contributed by atoms with E-state index in [4.69, 9.17) is 16.3 Å². The molecule has 0 saturated heterocycles. The molecule has 104 valence electrons. The van der Waals surface area contributed by atoms with E-state index in [-0.39, 0.29) is 11.9 Å². The third-order valence-electron chi connectivity index (χ3n) is 2.44. The zero-order valence-electron chi connectivity index (χ0n) is 10.9. The van der Waals surface area contributed by atoms with Gasteiger partial charge in [0, 0.05) is 18.0 Å². The highest BCUT2D eigenvalue weighted by atomic mass is 35.5. The lowest BCUT2D eigenvalue weighted by Crippen LogP contribution is -2.12. The topological polar surface area (TPSA) is 55.4 Å². The van der Waals surface area contributed by atoms with Gasteiger partial charge in [-0.3, -0.25) is 4.79 Å². The second kappa shape index (κ2) is 8.53. The van der Waals surface area contributed by atoms with Crippen molar-refractivity contribution in [3.8, 4) is 0 Å². The van der Waals surface area contributed by atoms with E-state index in [2.05, 4.69) is 5.32 Å². The summed E-state index contributed by atoms with van der Waals surface area (Å²) in [6, 6.07) is 6.71. The van der Waals surface area contributed by atoms with Gasteiger partial charge >= 0.3 is 5.97 Å². The maximum Gasteiger partial charge on any atom is 0.338 e. The first-order valence-corrected chi connectivity index (χ1v) is 6.83. The molecule has 1 aromatic carbocycles. The Balaban J connectivity index is 2.56. The van der Waals surface area contributed by atoms with Crippen LogP contribution in [0.5, 0.6) is 0 Å². The molecule has 0 heterocycles. The number of amides is 1. The van der Waals surface area contributed by atoms with Crippen LogP contribution < -0.4 is 5.32 Å². The summed E-state index contributed by atoms with van der Waals surface area (Å²) in [5.41, 5.74) is 1.03. The average Bonchev–Trinajstić information content (AvgIpc) is 2.39. The molecule has 0 radical (unpaired) electrons. The Morgan fingerprint density at radius 2 is 2.11 bits per heavy atom. The molecule has 1 amide bonds. The molecule has 1 aromatic rings. The number of halogens is 1. The predicted molar refractivity (Wildman–Crippen MR) is 75.6 cm³/mol. The summed E-state index contributed by atoms with van der Waals surface area (Å²) in [5.74, 6) is 0.0953. The van der Waals surface area contributed by atoms with Gasteiger partial charge in [-0.15, -0.1) is 11.6 Å². The van der Waals surface area contributed by atoms with Gasteiger partial charge in [0.2, 0.25) is 5.91 Å². The number of unbranched alkanes of at least 4 members (excludes halogenated alkanes) is 1. The van der Waals surface area contributed by atoms with Gasteiger partial charge in [0.25, 0.3) is 0 Å². The predicted octanol–water partition coefficient (Wildman–Crippen LogP) is 3.21. The first-order chi connectivity index (χ1) is 9.17. The second-order valence-corrected chi connectivity index (χ2v) is 4.37. The highest BCUT2D eigenvalue weighted by Gasteiger charge is 2.08. The number of anilines is 1. The monoisotopic (exact) mass is 283 g/mol. The Bertz CT molecular complexity index is 434. The van der Waals surface area contributed by atoms with Crippen molar-refractivity contribution in [2.45, 2.75) is 26.2 Å². The molecular weight excluding hydrogens is 266 g/mol. The largest absolute Gasteiger partial charge is 0.462 e. The van der Waals surface area contributed by atoms with E-state index in [1.54, 1.807) is 31.2 Å². The van der Waals surface area contributed by atoms with Crippen molar-refractivity contribution in [1.29, 1.82) is 0 Å². The molecule has 0 saturated carbocycles. The van der Waals surface area contributed by atoms with Gasteiger partial charge in [0.1, 0.15) is 0 Å². The van der Waals surface area contributed by atoms with Gasteiger partial charge in [-0.2, -0.15) is 0 Å². The highest BCUT2D eigenvalue weighted by Crippen LogP contribution is 2.12. The number of esters is 1. The van der Waals surface area contributed by atoms with Crippen LogP contribution >= 0.6 is 11.6 Å². The molecule has 1 rings (SSSR count). The molecule has 1 N–H and O–H groups in total. The quantitative estimate of drug-likeness (QED) is 0.475. The lowest BCUT2D eigenvalue weighted by molar-refractivity contribution is -0.116. The minimum Gasteiger partial charge on any atom is -0.462 e. The molecule has 5 heteroatoms. The Hall–Kier alpha value is -1.55. The van der Waals surface area contributed by atoms with E-state index in [0.29, 0.717) is 30.2 Å². The Morgan fingerprint density at radius 3 is 2.79 bits per heavy atom. The van der Waals surface area contributed by atoms with Crippen molar-refractivity contribution >= 4 is 29.2 Å². The van der Waals surface area contributed by atoms with Crippen molar-refractivity contribution in [2.75, 3.05) is 17.8 Å². The van der Waals surface area contributed by atoms with Crippen LogP contribution in [0.15, 0.2) is 24.3 Å². The van der Waals surface area contributed by atoms with Gasteiger partial charge in [-0.25, -0.2) is 4.79 Å². The number of hydrogen-bond acceptors (Lipinski definition) is 3. The molecule has 0 aliphatic rings. The molecule has 4 nitrogen and oxygen atoms in total. The zero-order chi connectivity index (χ0) is 14.1. The molecule has 0 unspecified atom stereocenters. The fourth-order valence-corrected chi connectivity index (χ4v) is 1.73. The van der Waals surface area contributed by atoms with Gasteiger partial charge in [0.15, 0.2) is 0 Å². The molecule has 19 heavy (non-hydrogen) atoms. The number of carbonyl (C=O) groups excluding carboxylic acids is 2. The lowest BCUT2D eigenvalue weighted by atomic mass is 10.2. The highest BCUT2D eigenvalue weighted by molar-refractivity contribution is 6.17. The van der Waals surface area contributed by atoms with Gasteiger partial charge in [-0.1, -0.05) is 6.07 Å². The van der Waals surface area contributed by atoms with Crippen LogP contribution in [0.2, 0.25) is 0 Å². The third-order valence-corrected chi connectivity index (χ3v) is 2.71. The van der Waals surface area contributed by atoms with Crippen molar-refractivity contribution in [3.63, 3.8) is 0 Å². The van der Waals surface area contributed by atoms with Crippen molar-refractivity contribution in [2.24, 2.45) is 0 Å². The number of rotatable bonds is 7. The Morgan fingerprint density at radius 1 is 1.32 bits per heavy atom. The maximum absolute atomic E-state index is 11.6. The van der Waals surface area contributed by atoms with Crippen LogP contribution in [0, 0.1) is 0 Å². The first-order valence-electron chi connectivity index (χ1n) is 6.30. The maximum atomic E-state index is 11.6. The fraction of sp³-hybridized carbons (Fsp3) is 0.429. The molecule has 0 aliphatic carbocycles. The van der Waals surface area contributed by atoms with Gasteiger partial charge in [0.05, 0.1) is 12.2 Å². The Kier molecular flexibility index (Phi) is 6.97. The molecule has 0 fully saturated rings. The summed E-state index contributed by atoms with van der Waals surface area (Å²) >= 11 is 5.55. The number of ether oxygens (including phenoxy) is 1. The number of alkyl halides is 1. The molecule has 0 spiro atoms. The first kappa shape index (κ1) is 15.5. The molecular formula is C14H18ClNO3. The summed E-state index contributed by atoms with van der Waals surface area (Å²) in [4.78, 5) is 23.2. The molecule has 0 atom stereocenters. The molecule has 0 aliphatic heterocycles. The summed E-state index contributed by atoms with van der Waals surface area (Å²) in [6.45, 7) is 2.08. The standard InChI is InChI=1S/C14H18ClNO3/c1-2-19-14(18)11-6-5-7-12(10-11)16-13(17)8-3-4-9-15/h5-7,10H,2-4,8-9H2,1H3,(H,16,17). The third kappa shape index (κ3) is 5.75. The second-order valence-electron chi connectivity index (χ2n) is 4.00. The van der Waals surface area contributed by atoms with E-state index < -0.39 is 0 Å². The van der Waals surface area contributed by atoms with Gasteiger partial charge in [-0.05, 0) is 38.0 Å². The average molecular weight is 284 g/mol. The van der Waals surface area contributed by atoms with E-state index in [1.807, 2.05) is 0 Å². The van der Waals surface area contributed by atoms with Crippen LogP contribution in [0.1, 0.15) is 36.5 Å². The summed E-state index contributed by atoms with van der Waals surface area (Å²) in [7, 11) is 0. The smallest absolute Gasteiger partial charge is 0.338 e. The van der Waals surface area contributed by atoms with Crippen LogP contribution in [0.4, 0.5) is 5.69 Å². The van der Waals surface area contributed by atoms with Crippen molar-refractivity contribution in [1.82, 2.24) is 0 Å². The Labute approximate surface area is 118 Å². The summed E-state index contributed by atoms with van der Waals surface area (Å²) in [5, 5.41) is 2.75. The summed E-state index contributed by atoms with van der Waals surface area (Å²) in [6.07, 6.45) is 2.00. The van der Waals surface area contributed by atoms with Crippen LogP contribution in [0.3, 0.4) is 0 Å². The molecule has 0 bridgehead atoms. The van der Waals surface area contributed by atoms with E-state index in [1.165, 1.54) is 0 Å². The SMILES string of the molecule is CCOC(=O)c1cccc(NC(=O)CCCCCl)c1. The van der Waals surface area contributed by atoms with E-state index in [9.17, 15) is 9.59 Å². The fourth-order valence-electron chi connectivity index (χ4n) is 1.54. The van der Waals surface area contributed by atoms with E-state index in [0.717, 1.165) is 12.8 Å². The van der Waals surface area contributed by atoms with Crippen molar-refractivity contribution < 1.29 is 14.3 Å². The van der Waals surface area contributed by atoms with Crippen LogP contribution in [-0.4, -0.2) is 24.4 Å². The van der Waals surface area contributed by atoms with Crippen LogP contribution in [0.25, 0.3) is 0 Å². The van der Waals surface area contributed by atoms with Crippen LogP contribution in [-0.2, 0) is 9.53 Å². The normalized spacial score (nSPS) is 10.0. The number of carbonyl (C=O) groups is 2. The molecule has 0 aromatic heterocycles. The zero-order valence-corrected chi connectivity index (χ0v) is 11.7.